The van der Waals surface area contributed by atoms with Crippen molar-refractivity contribution < 1.29 is 19.4 Å². The number of nitrogens with zero attached hydrogens (tertiary/aromatic N) is 3. The van der Waals surface area contributed by atoms with Crippen molar-refractivity contribution in [2.24, 2.45) is 0 Å². The second-order valence-electron chi connectivity index (χ2n) is 6.37. The molecule has 0 bridgehead atoms. The Hall–Kier alpha value is -2.80. The van der Waals surface area contributed by atoms with Crippen LogP contribution in [0.15, 0.2) is 30.3 Å². The highest BCUT2D eigenvalue weighted by molar-refractivity contribution is 5.88. The lowest BCUT2D eigenvalue weighted by Gasteiger charge is -2.16. The molecule has 1 fully saturated rings. The van der Waals surface area contributed by atoms with Crippen molar-refractivity contribution in [1.29, 1.82) is 0 Å². The highest BCUT2D eigenvalue weighted by Gasteiger charge is 2.28. The Balaban J connectivity index is 1.82. The van der Waals surface area contributed by atoms with E-state index in [1.54, 1.807) is 29.2 Å². The number of carboxylic acid groups (broad SMARTS) is 1. The van der Waals surface area contributed by atoms with Crippen molar-refractivity contribution in [3.05, 3.63) is 47.4 Å². The molecule has 1 aliphatic heterocycles. The van der Waals surface area contributed by atoms with E-state index in [0.717, 1.165) is 23.4 Å². The van der Waals surface area contributed by atoms with Crippen LogP contribution in [0.4, 0.5) is 0 Å². The fourth-order valence-corrected chi connectivity index (χ4v) is 3.17. The molecule has 0 aliphatic carbocycles. The third-order valence-electron chi connectivity index (χ3n) is 4.51. The second-order valence-corrected chi connectivity index (χ2v) is 6.37. The Kier molecular flexibility index (Phi) is 5.27. The number of hydrogen-bond donors (Lipinski definition) is 1. The number of amides is 1. The standard InChI is InChI=1S/C19H21N3O4/c1-12-20-16(13-3-5-14(6-4-13)19(24)25)9-17(21-12)15-7-8-22(10-15)18(23)11-26-2/h3-6,9,15H,7-8,10-11H2,1-2H3,(H,24,25)/t15-/m1/s1. The van der Waals surface area contributed by atoms with Gasteiger partial charge in [0.2, 0.25) is 5.91 Å². The van der Waals surface area contributed by atoms with Crippen molar-refractivity contribution in [1.82, 2.24) is 14.9 Å². The molecule has 1 aromatic heterocycles. The van der Waals surface area contributed by atoms with Gasteiger partial charge in [0, 0.05) is 37.4 Å². The van der Waals surface area contributed by atoms with E-state index >= 15 is 0 Å². The number of carbonyl (C=O) groups excluding carboxylic acids is 1. The van der Waals surface area contributed by atoms with Crippen LogP contribution >= 0.6 is 0 Å². The number of aromatic carboxylic acids is 1. The molecule has 1 aliphatic rings. The van der Waals surface area contributed by atoms with Gasteiger partial charge in [-0.05, 0) is 31.5 Å². The zero-order chi connectivity index (χ0) is 18.7. The first kappa shape index (κ1) is 18.0. The summed E-state index contributed by atoms with van der Waals surface area (Å²) < 4.78 is 4.92. The van der Waals surface area contributed by atoms with Gasteiger partial charge in [-0.3, -0.25) is 4.79 Å². The number of carbonyl (C=O) groups is 2. The van der Waals surface area contributed by atoms with E-state index in [-0.39, 0.29) is 24.0 Å². The van der Waals surface area contributed by atoms with Crippen LogP contribution in [0.1, 0.15) is 34.2 Å². The summed E-state index contributed by atoms with van der Waals surface area (Å²) >= 11 is 0. The van der Waals surface area contributed by atoms with Crippen molar-refractivity contribution in [3.63, 3.8) is 0 Å². The summed E-state index contributed by atoms with van der Waals surface area (Å²) in [6.07, 6.45) is 0.850. The first-order valence-electron chi connectivity index (χ1n) is 8.44. The summed E-state index contributed by atoms with van der Waals surface area (Å²) in [5.74, 6) is -0.149. The maximum Gasteiger partial charge on any atom is 0.335 e. The van der Waals surface area contributed by atoms with E-state index in [9.17, 15) is 9.59 Å². The van der Waals surface area contributed by atoms with Gasteiger partial charge in [-0.25, -0.2) is 14.8 Å². The number of ether oxygens (including phenoxy) is 1. The van der Waals surface area contributed by atoms with Crippen LogP contribution in [0, 0.1) is 6.92 Å². The number of hydrogen-bond acceptors (Lipinski definition) is 5. The minimum atomic E-state index is -0.956. The molecule has 26 heavy (non-hydrogen) atoms. The predicted molar refractivity (Wildman–Crippen MR) is 95.0 cm³/mol. The molecule has 2 heterocycles. The van der Waals surface area contributed by atoms with E-state index in [0.29, 0.717) is 18.9 Å². The average Bonchev–Trinajstić information content (AvgIpc) is 3.12. The molecule has 0 radical (unpaired) electrons. The van der Waals surface area contributed by atoms with Gasteiger partial charge in [-0.2, -0.15) is 0 Å². The fraction of sp³-hybridized carbons (Fsp3) is 0.368. The van der Waals surface area contributed by atoms with Gasteiger partial charge in [0.05, 0.1) is 11.3 Å². The van der Waals surface area contributed by atoms with Gasteiger partial charge < -0.3 is 14.7 Å². The minimum Gasteiger partial charge on any atom is -0.478 e. The normalized spacial score (nSPS) is 16.7. The van der Waals surface area contributed by atoms with Gasteiger partial charge in [-0.15, -0.1) is 0 Å². The first-order valence-corrected chi connectivity index (χ1v) is 8.44. The van der Waals surface area contributed by atoms with Gasteiger partial charge in [0.25, 0.3) is 0 Å². The van der Waals surface area contributed by atoms with Crippen LogP contribution in [-0.4, -0.2) is 58.7 Å². The van der Waals surface area contributed by atoms with Crippen LogP contribution in [0.2, 0.25) is 0 Å². The first-order chi connectivity index (χ1) is 12.5. The second kappa shape index (κ2) is 7.61. The number of aryl methyl sites for hydroxylation is 1. The average molecular weight is 355 g/mol. The molecule has 3 rings (SSSR count). The lowest BCUT2D eigenvalue weighted by molar-refractivity contribution is -0.134. The van der Waals surface area contributed by atoms with E-state index in [1.165, 1.54) is 7.11 Å². The van der Waals surface area contributed by atoms with Crippen LogP contribution in [0.5, 0.6) is 0 Å². The number of likely N-dealkylation sites (tertiary alicyclic amines) is 1. The maximum atomic E-state index is 12.0. The minimum absolute atomic E-state index is 0.00902. The van der Waals surface area contributed by atoms with Crippen LogP contribution in [0.25, 0.3) is 11.3 Å². The zero-order valence-electron chi connectivity index (χ0n) is 14.8. The topological polar surface area (TPSA) is 92.6 Å². The third kappa shape index (κ3) is 3.88. The Morgan fingerprint density at radius 2 is 2.00 bits per heavy atom. The van der Waals surface area contributed by atoms with Crippen molar-refractivity contribution >= 4 is 11.9 Å². The Labute approximate surface area is 151 Å². The van der Waals surface area contributed by atoms with Crippen LogP contribution in [-0.2, 0) is 9.53 Å². The quantitative estimate of drug-likeness (QED) is 0.883. The molecule has 7 heteroatoms. The summed E-state index contributed by atoms with van der Waals surface area (Å²) in [5.41, 5.74) is 2.74. The number of aromatic nitrogens is 2. The molecule has 1 saturated heterocycles. The number of rotatable bonds is 5. The molecule has 7 nitrogen and oxygen atoms in total. The summed E-state index contributed by atoms with van der Waals surface area (Å²) in [4.78, 5) is 33.8. The van der Waals surface area contributed by atoms with E-state index in [4.69, 9.17) is 9.84 Å². The monoisotopic (exact) mass is 355 g/mol. The molecular weight excluding hydrogens is 334 g/mol. The van der Waals surface area contributed by atoms with Gasteiger partial charge in [0.1, 0.15) is 12.4 Å². The molecule has 0 spiro atoms. The van der Waals surface area contributed by atoms with E-state index in [1.807, 2.05) is 13.0 Å². The molecular formula is C19H21N3O4. The molecule has 136 valence electrons. The molecule has 1 atom stereocenters. The molecule has 0 unspecified atom stereocenters. The lowest BCUT2D eigenvalue weighted by atomic mass is 10.0. The molecule has 2 aromatic rings. The summed E-state index contributed by atoms with van der Waals surface area (Å²) in [6, 6.07) is 8.55. The SMILES string of the molecule is COCC(=O)N1CC[C@@H](c2cc(-c3ccc(C(=O)O)cc3)nc(C)n2)C1. The third-order valence-corrected chi connectivity index (χ3v) is 4.51. The van der Waals surface area contributed by atoms with Crippen LogP contribution < -0.4 is 0 Å². The number of carboxylic acids is 1. The van der Waals surface area contributed by atoms with Crippen molar-refractivity contribution in [3.8, 4) is 11.3 Å². The summed E-state index contributed by atoms with van der Waals surface area (Å²) in [7, 11) is 1.52. The summed E-state index contributed by atoms with van der Waals surface area (Å²) in [5, 5.41) is 9.02. The van der Waals surface area contributed by atoms with Gasteiger partial charge in [0.15, 0.2) is 0 Å². The fourth-order valence-electron chi connectivity index (χ4n) is 3.17. The molecule has 1 amide bonds. The largest absolute Gasteiger partial charge is 0.478 e. The van der Waals surface area contributed by atoms with E-state index in [2.05, 4.69) is 9.97 Å². The Bertz CT molecular complexity index is 820. The Morgan fingerprint density at radius 3 is 2.65 bits per heavy atom. The van der Waals surface area contributed by atoms with Crippen LogP contribution in [0.3, 0.4) is 0 Å². The van der Waals surface area contributed by atoms with Gasteiger partial charge in [-0.1, -0.05) is 12.1 Å². The van der Waals surface area contributed by atoms with Crippen molar-refractivity contribution in [2.45, 2.75) is 19.3 Å². The lowest BCUT2D eigenvalue weighted by Crippen LogP contribution is -2.31. The predicted octanol–water partition coefficient (Wildman–Crippen LogP) is 2.11. The smallest absolute Gasteiger partial charge is 0.335 e. The maximum absolute atomic E-state index is 12.0. The van der Waals surface area contributed by atoms with E-state index < -0.39 is 5.97 Å². The van der Waals surface area contributed by atoms with Crippen molar-refractivity contribution in [2.75, 3.05) is 26.8 Å². The van der Waals surface area contributed by atoms with Gasteiger partial charge >= 0.3 is 5.97 Å². The zero-order valence-corrected chi connectivity index (χ0v) is 14.8. The summed E-state index contributed by atoms with van der Waals surface area (Å²) in [6.45, 7) is 3.24. The molecule has 1 aromatic carbocycles. The highest BCUT2D eigenvalue weighted by Crippen LogP contribution is 2.28. The highest BCUT2D eigenvalue weighted by atomic mass is 16.5. The Morgan fingerprint density at radius 1 is 1.27 bits per heavy atom. The molecule has 0 saturated carbocycles. The molecule has 1 N–H and O–H groups in total. The number of benzene rings is 1. The number of methoxy groups -OCH3 is 1.